The van der Waals surface area contributed by atoms with Crippen LogP contribution in [0.25, 0.3) is 0 Å². The van der Waals surface area contributed by atoms with Gasteiger partial charge in [0.2, 0.25) is 5.91 Å². The summed E-state index contributed by atoms with van der Waals surface area (Å²) in [7, 11) is 0. The minimum absolute atomic E-state index is 0.130. The fraction of sp³-hybridized carbons (Fsp3) is 0.857. The van der Waals surface area contributed by atoms with E-state index in [0.717, 1.165) is 43.4 Å². The van der Waals surface area contributed by atoms with E-state index in [4.69, 9.17) is 25.4 Å². The van der Waals surface area contributed by atoms with E-state index < -0.39 is 0 Å². The molecular weight excluding hydrogens is 530 g/mol. The number of carbonyl (C=O) groups is 1. The summed E-state index contributed by atoms with van der Waals surface area (Å²) in [5.74, 6) is 6.18. The van der Waals surface area contributed by atoms with Gasteiger partial charge in [0, 0.05) is 13.0 Å². The van der Waals surface area contributed by atoms with Gasteiger partial charge >= 0.3 is 0 Å². The van der Waals surface area contributed by atoms with Crippen LogP contribution in [-0.2, 0) is 23.7 Å². The Balaban J connectivity index is 1.08. The molecule has 1 amide bonds. The van der Waals surface area contributed by atoms with Gasteiger partial charge in [0.15, 0.2) is 0 Å². The number of allylic oxidation sites excluding steroid dienone is 1. The van der Waals surface area contributed by atoms with Crippen molar-refractivity contribution in [1.82, 2.24) is 5.32 Å². The molecule has 7 heteroatoms. The predicted octanol–water partition coefficient (Wildman–Crippen LogP) is 5.16. The Morgan fingerprint density at radius 2 is 1.69 bits per heavy atom. The highest BCUT2D eigenvalue weighted by atomic mass is 16.6. The van der Waals surface area contributed by atoms with Gasteiger partial charge in [-0.25, -0.2) is 0 Å². The number of aliphatic hydroxyl groups is 1. The lowest BCUT2D eigenvalue weighted by molar-refractivity contribution is -0.121. The maximum atomic E-state index is 12.6. The number of hydrogen-bond acceptors (Lipinski definition) is 6. The normalized spacial score (nSPS) is 34.5. The summed E-state index contributed by atoms with van der Waals surface area (Å²) in [6, 6.07) is 0. The Hall–Kier alpha value is -1.43. The van der Waals surface area contributed by atoms with E-state index in [1.807, 2.05) is 0 Å². The third-order valence-corrected chi connectivity index (χ3v) is 11.5. The molecule has 2 N–H and O–H groups in total. The molecule has 4 aliphatic rings. The molecule has 0 aromatic heterocycles. The number of hydrogen-bond donors (Lipinski definition) is 2. The van der Waals surface area contributed by atoms with Crippen LogP contribution < -0.4 is 5.32 Å². The zero-order chi connectivity index (χ0) is 30.0. The molecule has 0 saturated heterocycles. The Labute approximate surface area is 254 Å². The maximum Gasteiger partial charge on any atom is 0.220 e. The summed E-state index contributed by atoms with van der Waals surface area (Å²) < 4.78 is 21.6. The Kier molecular flexibility index (Phi) is 12.8. The number of fused-ring (bicyclic) bond motifs is 5. The quantitative estimate of drug-likeness (QED) is 0.139. The Morgan fingerprint density at radius 1 is 1.00 bits per heavy atom. The molecule has 4 aliphatic carbocycles. The average molecular weight is 588 g/mol. The lowest BCUT2D eigenvalue weighted by atomic mass is 9.47. The molecule has 0 radical (unpaired) electrons. The maximum absolute atomic E-state index is 12.6. The summed E-state index contributed by atoms with van der Waals surface area (Å²) in [5.41, 5.74) is 2.25. The van der Waals surface area contributed by atoms with Gasteiger partial charge in [0.25, 0.3) is 0 Å². The van der Waals surface area contributed by atoms with Crippen molar-refractivity contribution < 1.29 is 28.8 Å². The van der Waals surface area contributed by atoms with Crippen LogP contribution in [-0.4, -0.2) is 76.5 Å². The van der Waals surface area contributed by atoms with Gasteiger partial charge in [-0.05, 0) is 98.2 Å². The molecule has 0 spiro atoms. The highest BCUT2D eigenvalue weighted by molar-refractivity contribution is 5.75. The Bertz CT molecular complexity index is 931. The number of carbonyl (C=O) groups excluding carboxylic acids is 1. The van der Waals surface area contributed by atoms with Crippen molar-refractivity contribution in [3.05, 3.63) is 11.6 Å². The molecule has 238 valence electrons. The summed E-state index contributed by atoms with van der Waals surface area (Å²) >= 11 is 0. The van der Waals surface area contributed by atoms with Gasteiger partial charge in [-0.2, -0.15) is 0 Å². The molecule has 0 aliphatic heterocycles. The fourth-order valence-electron chi connectivity index (χ4n) is 9.32. The highest BCUT2D eigenvalue weighted by Gasteiger charge is 2.59. The van der Waals surface area contributed by atoms with Crippen LogP contribution in [0.3, 0.4) is 0 Å². The zero-order valence-corrected chi connectivity index (χ0v) is 26.5. The summed E-state index contributed by atoms with van der Waals surface area (Å²) in [6.45, 7) is 11.8. The number of ether oxygens (including phenoxy) is 4. The number of terminal acetylenes is 1. The second-order valence-electron chi connectivity index (χ2n) is 13.8. The van der Waals surface area contributed by atoms with E-state index in [1.165, 1.54) is 32.1 Å². The number of rotatable bonds is 17. The van der Waals surface area contributed by atoms with Crippen LogP contribution in [0.15, 0.2) is 11.6 Å². The van der Waals surface area contributed by atoms with Crippen LogP contribution in [0, 0.1) is 52.8 Å². The summed E-state index contributed by atoms with van der Waals surface area (Å²) in [6.07, 6.45) is 18.6. The first-order chi connectivity index (χ1) is 20.3. The van der Waals surface area contributed by atoms with Crippen molar-refractivity contribution in [2.75, 3.05) is 59.4 Å². The van der Waals surface area contributed by atoms with E-state index >= 15 is 0 Å². The smallest absolute Gasteiger partial charge is 0.220 e. The molecular formula is C35H57NO6. The van der Waals surface area contributed by atoms with Gasteiger partial charge in [0.05, 0.1) is 52.4 Å². The minimum atomic E-state index is -0.135. The van der Waals surface area contributed by atoms with Crippen LogP contribution in [0.1, 0.15) is 85.0 Å². The Morgan fingerprint density at radius 3 is 2.40 bits per heavy atom. The van der Waals surface area contributed by atoms with Crippen LogP contribution in [0.5, 0.6) is 0 Å². The van der Waals surface area contributed by atoms with Crippen molar-refractivity contribution in [3.63, 3.8) is 0 Å². The molecule has 3 saturated carbocycles. The van der Waals surface area contributed by atoms with Crippen molar-refractivity contribution in [2.45, 2.75) is 91.1 Å². The van der Waals surface area contributed by atoms with Gasteiger partial charge in [-0.1, -0.05) is 38.3 Å². The zero-order valence-electron chi connectivity index (χ0n) is 26.5. The first-order valence-electron chi connectivity index (χ1n) is 16.7. The molecule has 7 nitrogen and oxygen atoms in total. The fourth-order valence-corrected chi connectivity index (χ4v) is 9.32. The molecule has 0 unspecified atom stereocenters. The predicted molar refractivity (Wildman–Crippen MR) is 165 cm³/mol. The molecule has 0 aromatic carbocycles. The van der Waals surface area contributed by atoms with E-state index in [1.54, 1.807) is 5.57 Å². The second-order valence-corrected chi connectivity index (χ2v) is 13.8. The molecule has 3 fully saturated rings. The summed E-state index contributed by atoms with van der Waals surface area (Å²) in [5, 5.41) is 13.3. The molecule has 0 bridgehead atoms. The van der Waals surface area contributed by atoms with E-state index in [2.05, 4.69) is 38.1 Å². The average Bonchev–Trinajstić information content (AvgIpc) is 3.33. The SMILES string of the molecule is C#CCOCCOCCOCCOCCNC(=O)CC[C@@H](C)[C@H]1CC[C@H]2[C@@H]3CC=C4C[C@@H](O)CC[C@]4(C)[C@H]3CC[C@]12C. The molecule has 8 atom stereocenters. The first kappa shape index (κ1) is 33.5. The first-order valence-corrected chi connectivity index (χ1v) is 16.7. The molecule has 42 heavy (non-hydrogen) atoms. The van der Waals surface area contributed by atoms with Crippen LogP contribution in [0.4, 0.5) is 0 Å². The van der Waals surface area contributed by atoms with Gasteiger partial charge in [-0.15, -0.1) is 6.42 Å². The van der Waals surface area contributed by atoms with E-state index in [0.29, 0.717) is 88.5 Å². The third-order valence-electron chi connectivity index (χ3n) is 11.5. The highest BCUT2D eigenvalue weighted by Crippen LogP contribution is 2.67. The molecule has 0 aromatic rings. The lowest BCUT2D eigenvalue weighted by Crippen LogP contribution is -2.50. The van der Waals surface area contributed by atoms with Crippen molar-refractivity contribution in [1.29, 1.82) is 0 Å². The minimum Gasteiger partial charge on any atom is -0.393 e. The third kappa shape index (κ3) is 8.18. The van der Waals surface area contributed by atoms with Gasteiger partial charge in [-0.3, -0.25) is 4.79 Å². The van der Waals surface area contributed by atoms with E-state index in [9.17, 15) is 9.90 Å². The molecule has 0 heterocycles. The van der Waals surface area contributed by atoms with Crippen LogP contribution in [0.2, 0.25) is 0 Å². The lowest BCUT2D eigenvalue weighted by Gasteiger charge is -2.58. The van der Waals surface area contributed by atoms with Crippen molar-refractivity contribution >= 4 is 5.91 Å². The van der Waals surface area contributed by atoms with Crippen molar-refractivity contribution in [3.8, 4) is 12.3 Å². The standard InChI is InChI=1S/C35H57NO6/c1-5-17-39-19-21-41-23-24-42-22-20-40-18-16-36-33(38)11-6-26(2)30-9-10-31-29-8-7-27-25-28(37)12-14-34(27,3)32(29)13-15-35(30,31)4/h1,7,26,28-32,37H,6,8-25H2,2-4H3,(H,36,38)/t26-,28+,29+,30-,31+,32+,34+,35-/m1/s1. The summed E-state index contributed by atoms with van der Waals surface area (Å²) in [4.78, 5) is 12.6. The van der Waals surface area contributed by atoms with E-state index in [-0.39, 0.29) is 12.0 Å². The monoisotopic (exact) mass is 587 g/mol. The number of aliphatic hydroxyl groups excluding tert-OH is 1. The van der Waals surface area contributed by atoms with Gasteiger partial charge in [0.1, 0.15) is 6.61 Å². The number of amides is 1. The number of nitrogens with one attached hydrogen (secondary N) is 1. The second kappa shape index (κ2) is 16.0. The largest absolute Gasteiger partial charge is 0.393 e. The molecule has 4 rings (SSSR count). The van der Waals surface area contributed by atoms with Crippen molar-refractivity contribution in [2.24, 2.45) is 40.4 Å². The van der Waals surface area contributed by atoms with Crippen LogP contribution >= 0.6 is 0 Å². The topological polar surface area (TPSA) is 86.3 Å². The van der Waals surface area contributed by atoms with Gasteiger partial charge < -0.3 is 29.4 Å².